The van der Waals surface area contributed by atoms with Crippen molar-refractivity contribution in [2.75, 3.05) is 18.4 Å². The number of amides is 1. The van der Waals surface area contributed by atoms with Gasteiger partial charge in [0.05, 0.1) is 4.90 Å². The van der Waals surface area contributed by atoms with Gasteiger partial charge >= 0.3 is 0 Å². The molecule has 3 rings (SSSR count). The lowest BCUT2D eigenvalue weighted by Crippen LogP contribution is -2.31. The number of halogens is 1. The fourth-order valence-electron chi connectivity index (χ4n) is 3.29. The molecule has 0 saturated heterocycles. The highest BCUT2D eigenvalue weighted by Crippen LogP contribution is 2.24. The van der Waals surface area contributed by atoms with E-state index >= 15 is 0 Å². The largest absolute Gasteiger partial charge is 0.324 e. The minimum Gasteiger partial charge on any atom is -0.324 e. The first kappa shape index (κ1) is 24.1. The van der Waals surface area contributed by atoms with Crippen LogP contribution in [0.25, 0.3) is 11.4 Å². The smallest absolute Gasteiger partial charge is 0.244 e. The van der Waals surface area contributed by atoms with Gasteiger partial charge < -0.3 is 5.32 Å². The van der Waals surface area contributed by atoms with E-state index in [-0.39, 0.29) is 17.3 Å². The monoisotopic (exact) mass is 493 g/mol. The van der Waals surface area contributed by atoms with Crippen LogP contribution in [0.4, 0.5) is 5.69 Å². The molecule has 2 N–H and O–H groups in total. The number of benzene rings is 2. The Hall–Kier alpha value is -2.53. The number of nitrogens with one attached hydrogen (secondary N) is 2. The average molecular weight is 494 g/mol. The molecule has 0 saturated carbocycles. The molecule has 0 aliphatic heterocycles. The van der Waals surface area contributed by atoms with E-state index < -0.39 is 10.0 Å². The molecular weight excluding hydrogens is 470 g/mol. The second kappa shape index (κ2) is 9.95. The summed E-state index contributed by atoms with van der Waals surface area (Å²) in [6, 6.07) is 11.8. The van der Waals surface area contributed by atoms with Gasteiger partial charge in [0, 0.05) is 29.4 Å². The Morgan fingerprint density at radius 3 is 2.47 bits per heavy atom. The van der Waals surface area contributed by atoms with E-state index in [1.54, 1.807) is 61.7 Å². The summed E-state index contributed by atoms with van der Waals surface area (Å²) in [4.78, 5) is 12.9. The Bertz CT molecular complexity index is 1280. The Balaban J connectivity index is 1.85. The zero-order chi connectivity index (χ0) is 23.5. The predicted molar refractivity (Wildman–Crippen MR) is 128 cm³/mol. The molecule has 1 heterocycles. The number of carbonyl (C=O) groups excluding carboxylic acids is 1. The number of carbonyl (C=O) groups is 1. The number of sulfonamides is 1. The highest BCUT2D eigenvalue weighted by molar-refractivity contribution is 7.89. The minimum atomic E-state index is -3.66. The van der Waals surface area contributed by atoms with E-state index in [0.29, 0.717) is 40.0 Å². The number of aromatic amines is 1. The van der Waals surface area contributed by atoms with Crippen LogP contribution in [0.3, 0.4) is 0 Å². The first-order valence-electron chi connectivity index (χ1n) is 9.99. The highest BCUT2D eigenvalue weighted by Gasteiger charge is 2.24. The maximum atomic E-state index is 13.0. The number of rotatable bonds is 8. The topological polar surface area (TPSA) is 100 Å². The number of hydrogen-bond acceptors (Lipinski definition) is 5. The summed E-state index contributed by atoms with van der Waals surface area (Å²) in [6.45, 7) is 5.93. The number of aromatic nitrogens is 3. The molecule has 0 fully saturated rings. The predicted octanol–water partition coefficient (Wildman–Crippen LogP) is 4.24. The van der Waals surface area contributed by atoms with Crippen molar-refractivity contribution in [2.24, 2.45) is 0 Å². The van der Waals surface area contributed by atoms with Gasteiger partial charge in [-0.15, -0.1) is 0 Å². The Morgan fingerprint density at radius 1 is 1.19 bits per heavy atom. The van der Waals surface area contributed by atoms with Crippen LogP contribution in [-0.4, -0.2) is 46.5 Å². The number of H-pyrrole nitrogens is 1. The van der Waals surface area contributed by atoms with Gasteiger partial charge in [0.25, 0.3) is 0 Å². The van der Waals surface area contributed by atoms with Crippen molar-refractivity contribution >= 4 is 45.4 Å². The fraction of sp³-hybridized carbons (Fsp3) is 0.286. The second-order valence-corrected chi connectivity index (χ2v) is 9.79. The lowest BCUT2D eigenvalue weighted by Gasteiger charge is -2.20. The lowest BCUT2D eigenvalue weighted by atomic mass is 10.2. The van der Waals surface area contributed by atoms with E-state index in [4.69, 9.17) is 23.8 Å². The quantitative estimate of drug-likeness (QED) is 0.457. The molecule has 1 aromatic heterocycles. The highest BCUT2D eigenvalue weighted by atomic mass is 35.5. The van der Waals surface area contributed by atoms with E-state index in [2.05, 4.69) is 15.5 Å². The lowest BCUT2D eigenvalue weighted by molar-refractivity contribution is -0.116. The molecule has 32 heavy (non-hydrogen) atoms. The van der Waals surface area contributed by atoms with Crippen LogP contribution in [0, 0.1) is 11.7 Å². The van der Waals surface area contributed by atoms with Gasteiger partial charge in [0.15, 0.2) is 10.6 Å². The van der Waals surface area contributed by atoms with Gasteiger partial charge in [-0.3, -0.25) is 14.5 Å². The third-order valence-electron chi connectivity index (χ3n) is 4.96. The Kier molecular flexibility index (Phi) is 7.50. The molecule has 0 unspecified atom stereocenters. The van der Waals surface area contributed by atoms with Crippen LogP contribution in [0.5, 0.6) is 0 Å². The van der Waals surface area contributed by atoms with E-state index in [1.165, 1.54) is 10.4 Å². The molecule has 0 spiro atoms. The Morgan fingerprint density at radius 2 is 1.84 bits per heavy atom. The normalized spacial score (nSPS) is 11.7. The molecule has 0 aliphatic carbocycles. The van der Waals surface area contributed by atoms with Crippen molar-refractivity contribution in [3.63, 3.8) is 0 Å². The van der Waals surface area contributed by atoms with Crippen molar-refractivity contribution in [1.82, 2.24) is 19.1 Å². The van der Waals surface area contributed by atoms with Crippen LogP contribution in [0.15, 0.2) is 47.4 Å². The molecule has 3 aromatic rings. The second-order valence-electron chi connectivity index (χ2n) is 7.06. The minimum absolute atomic E-state index is 0.0979. The van der Waals surface area contributed by atoms with Crippen LogP contribution >= 0.6 is 23.8 Å². The summed E-state index contributed by atoms with van der Waals surface area (Å²) in [7, 11) is -3.66. The van der Waals surface area contributed by atoms with Crippen molar-refractivity contribution in [3.8, 4) is 11.4 Å². The molecule has 0 bridgehead atoms. The molecular formula is C21H24ClN5O3S2. The number of anilines is 1. The average Bonchev–Trinajstić information content (AvgIpc) is 3.10. The Labute approximate surface area is 197 Å². The SMILES string of the molecule is CCN(CC)S(=O)(=O)c1cc(NC(=O)Cn2c(-c3ccc(Cl)cc3)n[nH]c2=S)ccc1C. The van der Waals surface area contributed by atoms with E-state index in [9.17, 15) is 13.2 Å². The zero-order valence-corrected chi connectivity index (χ0v) is 20.3. The molecule has 1 amide bonds. The summed E-state index contributed by atoms with van der Waals surface area (Å²) in [5.74, 6) is 0.128. The summed E-state index contributed by atoms with van der Waals surface area (Å²) in [6.07, 6.45) is 0. The summed E-state index contributed by atoms with van der Waals surface area (Å²) >= 11 is 11.2. The summed E-state index contributed by atoms with van der Waals surface area (Å²) < 4.78 is 29.1. The van der Waals surface area contributed by atoms with Crippen molar-refractivity contribution in [3.05, 3.63) is 57.8 Å². The van der Waals surface area contributed by atoms with Crippen LogP contribution < -0.4 is 5.32 Å². The van der Waals surface area contributed by atoms with Gasteiger partial charge in [-0.2, -0.15) is 9.40 Å². The summed E-state index contributed by atoms with van der Waals surface area (Å²) in [5.41, 5.74) is 1.74. The fourth-order valence-corrected chi connectivity index (χ4v) is 5.32. The standard InChI is InChI=1S/C21H24ClN5O3S2/c1-4-26(5-2)32(29,30)18-12-17(11-6-14(18)3)23-19(28)13-27-20(24-25-21(27)31)15-7-9-16(22)10-8-15/h6-12H,4-5,13H2,1-3H3,(H,23,28)(H,25,31). The number of hydrogen-bond donors (Lipinski definition) is 2. The van der Waals surface area contributed by atoms with Crippen LogP contribution in [-0.2, 0) is 21.4 Å². The molecule has 170 valence electrons. The van der Waals surface area contributed by atoms with Gasteiger partial charge in [-0.05, 0) is 61.1 Å². The van der Waals surface area contributed by atoms with Crippen molar-refractivity contribution in [2.45, 2.75) is 32.2 Å². The third kappa shape index (κ3) is 5.09. The molecule has 8 nitrogen and oxygen atoms in total. The molecule has 0 atom stereocenters. The van der Waals surface area contributed by atoms with Crippen LogP contribution in [0.2, 0.25) is 5.02 Å². The van der Waals surface area contributed by atoms with E-state index in [0.717, 1.165) is 5.56 Å². The number of aryl methyl sites for hydroxylation is 1. The molecule has 0 radical (unpaired) electrons. The maximum Gasteiger partial charge on any atom is 0.244 e. The maximum absolute atomic E-state index is 13.0. The zero-order valence-electron chi connectivity index (χ0n) is 17.9. The molecule has 0 aliphatic rings. The van der Waals surface area contributed by atoms with Crippen molar-refractivity contribution < 1.29 is 13.2 Å². The number of nitrogens with zero attached hydrogens (tertiary/aromatic N) is 3. The first-order chi connectivity index (χ1) is 15.2. The molecule has 11 heteroatoms. The van der Waals surface area contributed by atoms with E-state index in [1.807, 2.05) is 0 Å². The van der Waals surface area contributed by atoms with Gasteiger partial charge in [0.2, 0.25) is 15.9 Å². The van der Waals surface area contributed by atoms with Gasteiger partial charge in [-0.1, -0.05) is 31.5 Å². The van der Waals surface area contributed by atoms with Gasteiger partial charge in [-0.25, -0.2) is 8.42 Å². The van der Waals surface area contributed by atoms with Gasteiger partial charge in [0.1, 0.15) is 6.54 Å². The van der Waals surface area contributed by atoms with Crippen LogP contribution in [0.1, 0.15) is 19.4 Å². The van der Waals surface area contributed by atoms with Crippen molar-refractivity contribution in [1.29, 1.82) is 0 Å². The summed E-state index contributed by atoms with van der Waals surface area (Å²) in [5, 5.41) is 10.3. The molecule has 2 aromatic carbocycles. The first-order valence-corrected chi connectivity index (χ1v) is 12.2. The third-order valence-corrected chi connectivity index (χ3v) is 7.71.